The van der Waals surface area contributed by atoms with Crippen LogP contribution in [0.1, 0.15) is 36.2 Å². The second kappa shape index (κ2) is 11.3. The van der Waals surface area contributed by atoms with Crippen molar-refractivity contribution >= 4 is 34.6 Å². The molecule has 0 fully saturated rings. The predicted molar refractivity (Wildman–Crippen MR) is 145 cm³/mol. The van der Waals surface area contributed by atoms with Crippen LogP contribution in [0.4, 0.5) is 22.7 Å². The average Bonchev–Trinajstić information content (AvgIpc) is 3.02. The van der Waals surface area contributed by atoms with Crippen molar-refractivity contribution in [1.82, 2.24) is 5.32 Å². The van der Waals surface area contributed by atoms with E-state index in [1.807, 2.05) is 19.9 Å². The Morgan fingerprint density at radius 3 is 2.45 bits per heavy atom. The molecule has 0 saturated heterocycles. The quantitative estimate of drug-likeness (QED) is 0.239. The molecule has 10 nitrogen and oxygen atoms in total. The third-order valence-electron chi connectivity index (χ3n) is 6.28. The molecule has 38 heavy (non-hydrogen) atoms. The highest BCUT2D eigenvalue weighted by Crippen LogP contribution is 2.37. The lowest BCUT2D eigenvalue weighted by atomic mass is 10.0. The van der Waals surface area contributed by atoms with Crippen molar-refractivity contribution in [2.45, 2.75) is 32.7 Å². The second-order valence-corrected chi connectivity index (χ2v) is 9.62. The number of aliphatic hydroxyl groups excluding tert-OH is 1. The molecule has 1 heterocycles. The van der Waals surface area contributed by atoms with Gasteiger partial charge in [0.25, 0.3) is 5.91 Å². The minimum absolute atomic E-state index is 0.108. The van der Waals surface area contributed by atoms with Crippen molar-refractivity contribution < 1.29 is 24.4 Å². The van der Waals surface area contributed by atoms with Gasteiger partial charge in [0.1, 0.15) is 0 Å². The van der Waals surface area contributed by atoms with Crippen LogP contribution in [0.5, 0.6) is 5.75 Å². The maximum absolute atomic E-state index is 13.0. The van der Waals surface area contributed by atoms with E-state index < -0.39 is 4.92 Å². The first-order chi connectivity index (χ1) is 18.2. The fraction of sp³-hybridized carbons (Fsp3) is 0.286. The molecule has 0 aromatic heterocycles. The number of anilines is 3. The number of amides is 2. The molecule has 0 bridgehead atoms. The number of fused-ring (bicyclic) bond motifs is 2. The summed E-state index contributed by atoms with van der Waals surface area (Å²) >= 11 is 0. The van der Waals surface area contributed by atoms with Gasteiger partial charge in [-0.25, -0.2) is 0 Å². The lowest BCUT2D eigenvalue weighted by molar-refractivity contribution is -0.385. The van der Waals surface area contributed by atoms with Crippen LogP contribution in [0.3, 0.4) is 0 Å². The number of hydrogen-bond donors (Lipinski definition) is 4. The highest BCUT2D eigenvalue weighted by atomic mass is 16.6. The fourth-order valence-corrected chi connectivity index (χ4v) is 4.49. The largest absolute Gasteiger partial charge is 0.490 e. The van der Waals surface area contributed by atoms with E-state index in [2.05, 4.69) is 16.0 Å². The third kappa shape index (κ3) is 5.92. The molecule has 0 radical (unpaired) electrons. The number of aliphatic hydroxyl groups is 1. The normalized spacial score (nSPS) is 12.9. The molecule has 4 N–H and O–H groups in total. The van der Waals surface area contributed by atoms with Gasteiger partial charge in [0.15, 0.2) is 5.75 Å². The number of nitro groups is 1. The van der Waals surface area contributed by atoms with Crippen LogP contribution in [-0.2, 0) is 11.2 Å². The van der Waals surface area contributed by atoms with Crippen LogP contribution in [0, 0.1) is 16.0 Å². The van der Waals surface area contributed by atoms with Gasteiger partial charge in [0.2, 0.25) is 5.91 Å². The summed E-state index contributed by atoms with van der Waals surface area (Å²) in [4.78, 5) is 36.3. The first kappa shape index (κ1) is 26.6. The van der Waals surface area contributed by atoms with Crippen molar-refractivity contribution in [3.05, 3.63) is 75.8 Å². The molecule has 4 rings (SSSR count). The highest BCUT2D eigenvalue weighted by molar-refractivity contribution is 6.12. The van der Waals surface area contributed by atoms with Crippen molar-refractivity contribution in [2.24, 2.45) is 5.92 Å². The maximum atomic E-state index is 13.0. The van der Waals surface area contributed by atoms with Crippen molar-refractivity contribution in [3.63, 3.8) is 0 Å². The van der Waals surface area contributed by atoms with Gasteiger partial charge in [-0.15, -0.1) is 0 Å². The lowest BCUT2D eigenvalue weighted by Crippen LogP contribution is -2.39. The van der Waals surface area contributed by atoms with Crippen LogP contribution in [0.2, 0.25) is 0 Å². The molecule has 0 aliphatic carbocycles. The molecular formula is C28H30N4O6. The Balaban J connectivity index is 1.56. The van der Waals surface area contributed by atoms with Gasteiger partial charge in [0, 0.05) is 6.07 Å². The highest BCUT2D eigenvalue weighted by Gasteiger charge is 2.22. The number of ether oxygens (including phenoxy) is 1. The number of benzene rings is 3. The van der Waals surface area contributed by atoms with Crippen LogP contribution in [0.15, 0.2) is 54.6 Å². The minimum Gasteiger partial charge on any atom is -0.490 e. The first-order valence-electron chi connectivity index (χ1n) is 12.3. The monoisotopic (exact) mass is 518 g/mol. The number of nitrogens with zero attached hydrogens (tertiary/aromatic N) is 1. The fourth-order valence-electron chi connectivity index (χ4n) is 4.49. The second-order valence-electron chi connectivity index (χ2n) is 9.62. The van der Waals surface area contributed by atoms with Crippen molar-refractivity contribution in [1.29, 1.82) is 0 Å². The summed E-state index contributed by atoms with van der Waals surface area (Å²) in [5, 5.41) is 29.8. The van der Waals surface area contributed by atoms with Gasteiger partial charge in [-0.05, 0) is 65.4 Å². The Kier molecular flexibility index (Phi) is 7.92. The van der Waals surface area contributed by atoms with Crippen LogP contribution in [0.25, 0.3) is 11.1 Å². The summed E-state index contributed by atoms with van der Waals surface area (Å²) in [6, 6.07) is 14.9. The Hall–Kier alpha value is -4.44. The standard InChI is InChI=1S/C28H30N4O6/c1-16(2)10-20(15-33)29-27(34)12-17-4-8-22-24(11-17)31-28(35)21-7-5-18(13-23(21)30-22)19-6-9-25(32(36)37)26(14-19)38-3/h4-9,11,13-14,16,20,30,33H,10,12,15H2,1-3H3,(H,29,34)(H,31,35)/t20-/m1/s1. The zero-order valence-electron chi connectivity index (χ0n) is 21.4. The summed E-state index contributed by atoms with van der Waals surface area (Å²) < 4.78 is 5.19. The topological polar surface area (TPSA) is 143 Å². The van der Waals surface area contributed by atoms with Gasteiger partial charge in [-0.2, -0.15) is 0 Å². The van der Waals surface area contributed by atoms with E-state index in [-0.39, 0.29) is 42.3 Å². The Labute approximate surface area is 220 Å². The Morgan fingerprint density at radius 2 is 1.76 bits per heavy atom. The van der Waals surface area contributed by atoms with E-state index in [0.717, 1.165) is 5.56 Å². The molecule has 3 aromatic rings. The predicted octanol–water partition coefficient (Wildman–Crippen LogP) is 4.65. The number of carbonyl (C=O) groups excluding carboxylic acids is 2. The van der Waals surface area contributed by atoms with Gasteiger partial charge in [0.05, 0.1) is 53.7 Å². The number of methoxy groups -OCH3 is 1. The van der Waals surface area contributed by atoms with E-state index in [4.69, 9.17) is 4.74 Å². The molecule has 0 unspecified atom stereocenters. The zero-order chi connectivity index (χ0) is 27.4. The number of nitro benzene ring substituents is 1. The number of hydrogen-bond acceptors (Lipinski definition) is 7. The molecule has 1 aliphatic heterocycles. The van der Waals surface area contributed by atoms with Gasteiger partial charge < -0.3 is 25.8 Å². The zero-order valence-corrected chi connectivity index (χ0v) is 21.4. The van der Waals surface area contributed by atoms with Gasteiger partial charge in [-0.3, -0.25) is 19.7 Å². The van der Waals surface area contributed by atoms with Gasteiger partial charge in [-0.1, -0.05) is 26.0 Å². The molecule has 2 amide bonds. The smallest absolute Gasteiger partial charge is 0.310 e. The summed E-state index contributed by atoms with van der Waals surface area (Å²) in [6.07, 6.45) is 0.788. The molecule has 1 aliphatic rings. The lowest BCUT2D eigenvalue weighted by Gasteiger charge is -2.18. The van der Waals surface area contributed by atoms with Crippen molar-refractivity contribution in [2.75, 3.05) is 24.4 Å². The number of nitrogens with one attached hydrogen (secondary N) is 3. The molecule has 10 heteroatoms. The van der Waals surface area contributed by atoms with E-state index in [9.17, 15) is 24.8 Å². The molecule has 0 saturated carbocycles. The van der Waals surface area contributed by atoms with E-state index >= 15 is 0 Å². The minimum atomic E-state index is -0.503. The summed E-state index contributed by atoms with van der Waals surface area (Å²) in [5.41, 5.74) is 4.22. The Morgan fingerprint density at radius 1 is 1.03 bits per heavy atom. The van der Waals surface area contributed by atoms with Gasteiger partial charge >= 0.3 is 5.69 Å². The van der Waals surface area contributed by atoms with Crippen LogP contribution >= 0.6 is 0 Å². The van der Waals surface area contributed by atoms with Crippen molar-refractivity contribution in [3.8, 4) is 16.9 Å². The van der Waals surface area contributed by atoms with E-state index in [1.165, 1.54) is 13.2 Å². The molecule has 198 valence electrons. The average molecular weight is 519 g/mol. The number of rotatable bonds is 9. The maximum Gasteiger partial charge on any atom is 0.310 e. The number of carbonyl (C=O) groups is 2. The van der Waals surface area contributed by atoms with Crippen LogP contribution in [-0.4, -0.2) is 41.6 Å². The molecule has 0 spiro atoms. The van der Waals surface area contributed by atoms with E-state index in [0.29, 0.717) is 46.1 Å². The first-order valence-corrected chi connectivity index (χ1v) is 12.3. The summed E-state index contributed by atoms with van der Waals surface area (Å²) in [6.45, 7) is 3.93. The SMILES string of the molecule is COc1cc(-c2ccc3c(c2)Nc2ccc(CC(=O)N[C@@H](CO)CC(C)C)cc2NC3=O)ccc1[N+](=O)[O-]. The Bertz CT molecular complexity index is 1390. The summed E-state index contributed by atoms with van der Waals surface area (Å²) in [5.74, 6) is -0.0302. The third-order valence-corrected chi connectivity index (χ3v) is 6.28. The molecule has 1 atom stereocenters. The van der Waals surface area contributed by atoms with Crippen LogP contribution < -0.4 is 20.7 Å². The molecular weight excluding hydrogens is 488 g/mol. The molecule has 3 aromatic carbocycles. The summed E-state index contributed by atoms with van der Waals surface area (Å²) in [7, 11) is 1.38. The van der Waals surface area contributed by atoms with E-state index in [1.54, 1.807) is 42.5 Å².